The lowest BCUT2D eigenvalue weighted by molar-refractivity contribution is -0.131. The van der Waals surface area contributed by atoms with Crippen LogP contribution < -0.4 is 5.32 Å². The number of rotatable bonds is 6. The number of likely N-dealkylation sites (N-methyl/N-ethyl adjacent to an activating group) is 1. The quantitative estimate of drug-likeness (QED) is 0.884. The molecule has 0 unspecified atom stereocenters. The number of carbonyl (C=O) groups is 1. The minimum atomic E-state index is 0.0996. The molecule has 0 bridgehead atoms. The summed E-state index contributed by atoms with van der Waals surface area (Å²) in [4.78, 5) is 18.5. The number of hydrogen-bond donors (Lipinski definition) is 1. The number of nitrogens with zero attached hydrogens (tertiary/aromatic N) is 3. The summed E-state index contributed by atoms with van der Waals surface area (Å²) >= 11 is 0. The molecule has 5 nitrogen and oxygen atoms in total. The van der Waals surface area contributed by atoms with Gasteiger partial charge in [-0.05, 0) is 38.1 Å². The third-order valence-electron chi connectivity index (χ3n) is 3.76. The van der Waals surface area contributed by atoms with Crippen molar-refractivity contribution in [2.45, 2.75) is 39.9 Å². The molecule has 2 aromatic rings. The van der Waals surface area contributed by atoms with Crippen molar-refractivity contribution in [1.82, 2.24) is 19.8 Å². The maximum absolute atomic E-state index is 12.3. The SMILES string of the molecule is CCNCc1cn(CC(=O)N(C)C(C)C)c2ncccc12. The molecule has 1 N–H and O–H groups in total. The van der Waals surface area contributed by atoms with Crippen LogP contribution in [0.2, 0.25) is 0 Å². The van der Waals surface area contributed by atoms with E-state index in [1.807, 2.05) is 37.7 Å². The number of pyridine rings is 1. The highest BCUT2D eigenvalue weighted by atomic mass is 16.2. The molecule has 0 fully saturated rings. The van der Waals surface area contributed by atoms with Crippen molar-refractivity contribution in [3.05, 3.63) is 30.1 Å². The molecule has 114 valence electrons. The van der Waals surface area contributed by atoms with E-state index in [1.165, 1.54) is 5.56 Å². The molecule has 2 heterocycles. The minimum Gasteiger partial charge on any atom is -0.342 e. The molecule has 0 saturated carbocycles. The molecular weight excluding hydrogens is 264 g/mol. The fraction of sp³-hybridized carbons (Fsp3) is 0.500. The van der Waals surface area contributed by atoms with Crippen molar-refractivity contribution in [3.8, 4) is 0 Å². The lowest BCUT2D eigenvalue weighted by Gasteiger charge is -2.21. The highest BCUT2D eigenvalue weighted by Gasteiger charge is 2.15. The van der Waals surface area contributed by atoms with Gasteiger partial charge in [0.05, 0.1) is 0 Å². The normalized spacial score (nSPS) is 11.3. The van der Waals surface area contributed by atoms with E-state index in [0.717, 1.165) is 24.1 Å². The molecule has 0 spiro atoms. The molecule has 21 heavy (non-hydrogen) atoms. The van der Waals surface area contributed by atoms with E-state index in [1.54, 1.807) is 11.1 Å². The first-order valence-corrected chi connectivity index (χ1v) is 7.43. The van der Waals surface area contributed by atoms with Gasteiger partial charge in [-0.3, -0.25) is 4.79 Å². The Morgan fingerprint density at radius 2 is 2.24 bits per heavy atom. The lowest BCUT2D eigenvalue weighted by Crippen LogP contribution is -2.35. The molecule has 2 aromatic heterocycles. The molecule has 0 atom stereocenters. The average molecular weight is 288 g/mol. The highest BCUT2D eigenvalue weighted by Crippen LogP contribution is 2.19. The third kappa shape index (κ3) is 3.42. The summed E-state index contributed by atoms with van der Waals surface area (Å²) in [6, 6.07) is 4.19. The fourth-order valence-corrected chi connectivity index (χ4v) is 2.26. The van der Waals surface area contributed by atoms with Gasteiger partial charge in [0.25, 0.3) is 0 Å². The van der Waals surface area contributed by atoms with Crippen molar-refractivity contribution >= 4 is 16.9 Å². The lowest BCUT2D eigenvalue weighted by atomic mass is 10.2. The molecule has 0 aliphatic rings. The molecule has 0 saturated heterocycles. The summed E-state index contributed by atoms with van der Waals surface area (Å²) < 4.78 is 1.95. The number of hydrogen-bond acceptors (Lipinski definition) is 3. The van der Waals surface area contributed by atoms with Crippen LogP contribution in [0.25, 0.3) is 11.0 Å². The zero-order valence-electron chi connectivity index (χ0n) is 13.3. The van der Waals surface area contributed by atoms with Crippen molar-refractivity contribution in [3.63, 3.8) is 0 Å². The predicted octanol–water partition coefficient (Wildman–Crippen LogP) is 2.01. The van der Waals surface area contributed by atoms with Crippen molar-refractivity contribution in [1.29, 1.82) is 0 Å². The summed E-state index contributed by atoms with van der Waals surface area (Å²) in [7, 11) is 1.84. The van der Waals surface area contributed by atoms with Gasteiger partial charge in [0, 0.05) is 37.4 Å². The predicted molar refractivity (Wildman–Crippen MR) is 85.0 cm³/mol. The van der Waals surface area contributed by atoms with Crippen molar-refractivity contribution < 1.29 is 4.79 Å². The van der Waals surface area contributed by atoms with E-state index in [-0.39, 0.29) is 11.9 Å². The van der Waals surface area contributed by atoms with Crippen LogP contribution in [0.4, 0.5) is 0 Å². The molecular formula is C16H24N4O. The van der Waals surface area contributed by atoms with Crippen molar-refractivity contribution in [2.24, 2.45) is 0 Å². The van der Waals surface area contributed by atoms with Gasteiger partial charge >= 0.3 is 0 Å². The van der Waals surface area contributed by atoms with Crippen LogP contribution in [-0.2, 0) is 17.9 Å². The van der Waals surface area contributed by atoms with Crippen LogP contribution in [0.1, 0.15) is 26.3 Å². The third-order valence-corrected chi connectivity index (χ3v) is 3.76. The number of carbonyl (C=O) groups excluding carboxylic acids is 1. The summed E-state index contributed by atoms with van der Waals surface area (Å²) in [6.45, 7) is 8.15. The average Bonchev–Trinajstić information content (AvgIpc) is 2.82. The summed E-state index contributed by atoms with van der Waals surface area (Å²) in [6.07, 6.45) is 3.80. The first kappa shape index (κ1) is 15.5. The monoisotopic (exact) mass is 288 g/mol. The largest absolute Gasteiger partial charge is 0.342 e. The van der Waals surface area contributed by atoms with Gasteiger partial charge in [0.2, 0.25) is 5.91 Å². The van der Waals surface area contributed by atoms with Gasteiger partial charge in [0.1, 0.15) is 12.2 Å². The van der Waals surface area contributed by atoms with Crippen LogP contribution in [0.15, 0.2) is 24.5 Å². The van der Waals surface area contributed by atoms with E-state index in [0.29, 0.717) is 6.54 Å². The Kier molecular flexibility index (Phi) is 4.96. The number of nitrogens with one attached hydrogen (secondary N) is 1. The Morgan fingerprint density at radius 3 is 2.90 bits per heavy atom. The second-order valence-electron chi connectivity index (χ2n) is 5.54. The van der Waals surface area contributed by atoms with E-state index >= 15 is 0 Å². The molecule has 0 radical (unpaired) electrons. The molecule has 0 aromatic carbocycles. The van der Waals surface area contributed by atoms with Crippen LogP contribution in [0.5, 0.6) is 0 Å². The van der Waals surface area contributed by atoms with E-state index in [9.17, 15) is 4.79 Å². The van der Waals surface area contributed by atoms with Gasteiger partial charge in [-0.1, -0.05) is 6.92 Å². The highest BCUT2D eigenvalue weighted by molar-refractivity contribution is 5.83. The molecule has 5 heteroatoms. The van der Waals surface area contributed by atoms with Crippen molar-refractivity contribution in [2.75, 3.05) is 13.6 Å². The topological polar surface area (TPSA) is 50.2 Å². The molecule has 1 amide bonds. The van der Waals surface area contributed by atoms with Gasteiger partial charge in [-0.25, -0.2) is 4.98 Å². The van der Waals surface area contributed by atoms with Crippen LogP contribution in [0, 0.1) is 0 Å². The maximum Gasteiger partial charge on any atom is 0.242 e. The molecule has 2 rings (SSSR count). The Balaban J connectivity index is 2.29. The van der Waals surface area contributed by atoms with Gasteiger partial charge in [0.15, 0.2) is 0 Å². The fourth-order valence-electron chi connectivity index (χ4n) is 2.26. The Morgan fingerprint density at radius 1 is 1.48 bits per heavy atom. The van der Waals surface area contributed by atoms with Crippen LogP contribution in [-0.4, -0.2) is 40.0 Å². The summed E-state index contributed by atoms with van der Waals surface area (Å²) in [5.41, 5.74) is 2.05. The van der Waals surface area contributed by atoms with E-state index in [2.05, 4.69) is 23.3 Å². The number of amides is 1. The first-order chi connectivity index (χ1) is 10.0. The second kappa shape index (κ2) is 6.72. The molecule has 0 aliphatic heterocycles. The Labute approximate surface area is 126 Å². The van der Waals surface area contributed by atoms with Gasteiger partial charge in [-0.2, -0.15) is 0 Å². The smallest absolute Gasteiger partial charge is 0.242 e. The zero-order chi connectivity index (χ0) is 15.4. The standard InChI is InChI=1S/C16H24N4O/c1-5-17-9-13-10-20(11-15(21)19(4)12(2)3)16-14(13)7-6-8-18-16/h6-8,10,12,17H,5,9,11H2,1-4H3. The van der Waals surface area contributed by atoms with Crippen LogP contribution in [0.3, 0.4) is 0 Å². The van der Waals surface area contributed by atoms with E-state index in [4.69, 9.17) is 0 Å². The van der Waals surface area contributed by atoms with Gasteiger partial charge < -0.3 is 14.8 Å². The first-order valence-electron chi connectivity index (χ1n) is 7.43. The minimum absolute atomic E-state index is 0.0996. The summed E-state index contributed by atoms with van der Waals surface area (Å²) in [5, 5.41) is 4.44. The second-order valence-corrected chi connectivity index (χ2v) is 5.54. The Bertz CT molecular complexity index is 618. The Hall–Kier alpha value is -1.88. The van der Waals surface area contributed by atoms with Crippen LogP contribution >= 0.6 is 0 Å². The molecule has 0 aliphatic carbocycles. The van der Waals surface area contributed by atoms with E-state index < -0.39 is 0 Å². The van der Waals surface area contributed by atoms with Gasteiger partial charge in [-0.15, -0.1) is 0 Å². The zero-order valence-corrected chi connectivity index (χ0v) is 13.3. The number of fused-ring (bicyclic) bond motifs is 1. The summed E-state index contributed by atoms with van der Waals surface area (Å²) in [5.74, 6) is 0.0996. The maximum atomic E-state index is 12.3. The number of aromatic nitrogens is 2.